The first-order valence-electron chi connectivity index (χ1n) is 9.96. The fraction of sp³-hybridized carbons (Fsp3) is 0.304. The second-order valence-electron chi connectivity index (χ2n) is 7.71. The average molecular weight is 459 g/mol. The molecule has 1 fully saturated rings. The normalized spacial score (nSPS) is 18.5. The Morgan fingerprint density at radius 2 is 1.66 bits per heavy atom. The minimum Gasteiger partial charge on any atom is -0.507 e. The molecule has 0 aromatic heterocycles. The molecule has 1 aliphatic rings. The van der Waals surface area contributed by atoms with Gasteiger partial charge in [0.05, 0.1) is 23.1 Å². The third-order valence-corrected chi connectivity index (χ3v) is 7.21. The van der Waals surface area contributed by atoms with Gasteiger partial charge in [0.15, 0.2) is 0 Å². The molecular weight excluding hydrogens is 432 g/mol. The molecule has 1 atom stereocenters. The Balaban J connectivity index is 2.11. The van der Waals surface area contributed by atoms with Gasteiger partial charge < -0.3 is 14.7 Å². The second-order valence-corrected chi connectivity index (χ2v) is 9.86. The number of rotatable bonds is 7. The summed E-state index contributed by atoms with van der Waals surface area (Å²) in [6, 6.07) is 12.1. The number of carbonyl (C=O) groups excluding carboxylic acids is 2. The van der Waals surface area contributed by atoms with E-state index in [0.717, 1.165) is 9.87 Å². The van der Waals surface area contributed by atoms with Gasteiger partial charge in [-0.25, -0.2) is 12.7 Å². The third-order valence-electron chi connectivity index (χ3n) is 5.38. The lowest BCUT2D eigenvalue weighted by atomic mass is 9.95. The lowest BCUT2D eigenvalue weighted by molar-refractivity contribution is -0.140. The quantitative estimate of drug-likeness (QED) is 0.388. The minimum absolute atomic E-state index is 0.0434. The number of ether oxygens (including phenoxy) is 1. The van der Waals surface area contributed by atoms with Gasteiger partial charge in [-0.3, -0.25) is 9.59 Å². The van der Waals surface area contributed by atoms with Crippen LogP contribution in [0, 0.1) is 6.92 Å². The summed E-state index contributed by atoms with van der Waals surface area (Å²) in [4.78, 5) is 27.1. The summed E-state index contributed by atoms with van der Waals surface area (Å²) in [6.45, 7) is 2.33. The predicted octanol–water partition coefficient (Wildman–Crippen LogP) is 2.31. The molecule has 0 aliphatic carbocycles. The van der Waals surface area contributed by atoms with E-state index in [2.05, 4.69) is 0 Å². The van der Waals surface area contributed by atoms with Gasteiger partial charge in [0.1, 0.15) is 5.76 Å². The third kappa shape index (κ3) is 4.32. The predicted molar refractivity (Wildman–Crippen MR) is 119 cm³/mol. The van der Waals surface area contributed by atoms with Crippen molar-refractivity contribution in [2.45, 2.75) is 17.9 Å². The van der Waals surface area contributed by atoms with Crippen LogP contribution in [0.3, 0.4) is 0 Å². The van der Waals surface area contributed by atoms with Crippen molar-refractivity contribution >= 4 is 27.5 Å². The number of likely N-dealkylation sites (tertiary alicyclic amines) is 1. The molecule has 1 amide bonds. The summed E-state index contributed by atoms with van der Waals surface area (Å²) in [5.41, 5.74) is 1.89. The van der Waals surface area contributed by atoms with E-state index in [0.29, 0.717) is 5.56 Å². The maximum Gasteiger partial charge on any atom is 0.295 e. The van der Waals surface area contributed by atoms with Gasteiger partial charge in [-0.15, -0.1) is 0 Å². The maximum absolute atomic E-state index is 12.9. The number of carbonyl (C=O) groups is 2. The fourth-order valence-electron chi connectivity index (χ4n) is 3.55. The van der Waals surface area contributed by atoms with Crippen molar-refractivity contribution in [1.82, 2.24) is 9.21 Å². The Hall–Kier alpha value is -3.01. The molecule has 9 heteroatoms. The van der Waals surface area contributed by atoms with Crippen LogP contribution in [0.4, 0.5) is 0 Å². The number of amides is 1. The first kappa shape index (κ1) is 23.6. The van der Waals surface area contributed by atoms with Crippen LogP contribution in [0.2, 0.25) is 0 Å². The van der Waals surface area contributed by atoms with Gasteiger partial charge in [0.25, 0.3) is 11.7 Å². The molecule has 2 aromatic carbocycles. The highest BCUT2D eigenvalue weighted by molar-refractivity contribution is 7.89. The van der Waals surface area contributed by atoms with Crippen LogP contribution in [0.1, 0.15) is 22.7 Å². The molecule has 8 nitrogen and oxygen atoms in total. The van der Waals surface area contributed by atoms with E-state index in [4.69, 9.17) is 4.74 Å². The molecule has 1 N–H and O–H groups in total. The van der Waals surface area contributed by atoms with E-state index >= 15 is 0 Å². The topological polar surface area (TPSA) is 104 Å². The molecule has 0 saturated carbocycles. The van der Waals surface area contributed by atoms with Crippen LogP contribution in [-0.4, -0.2) is 68.8 Å². The zero-order valence-corrected chi connectivity index (χ0v) is 19.2. The number of aliphatic hydroxyl groups excluding tert-OH is 1. The van der Waals surface area contributed by atoms with Crippen LogP contribution >= 0.6 is 0 Å². The standard InChI is InChI=1S/C23H26N2O6S/c1-15-5-7-16(8-6-15)20-19(22(27)23(28)25(20)13-14-31-4)21(26)17-9-11-18(12-10-17)32(29,30)24(2)3/h5-12,20,26H,13-14H2,1-4H3/b21-19+. The lowest BCUT2D eigenvalue weighted by Crippen LogP contribution is -2.32. The average Bonchev–Trinajstić information content (AvgIpc) is 3.02. The molecule has 2 aromatic rings. The molecule has 0 bridgehead atoms. The SMILES string of the molecule is COCCN1C(=O)C(=O)/C(=C(/O)c2ccc(S(=O)(=O)N(C)C)cc2)C1c1ccc(C)cc1. The maximum atomic E-state index is 12.9. The number of aliphatic hydroxyl groups is 1. The number of aryl methyl sites for hydroxylation is 1. The lowest BCUT2D eigenvalue weighted by Gasteiger charge is -2.25. The number of ketones is 1. The zero-order chi connectivity index (χ0) is 23.6. The number of benzene rings is 2. The largest absolute Gasteiger partial charge is 0.507 e. The number of Topliss-reactive ketones (excluding diaryl/α,β-unsaturated/α-hetero) is 1. The molecule has 1 heterocycles. The summed E-state index contributed by atoms with van der Waals surface area (Å²) in [5.74, 6) is -1.88. The van der Waals surface area contributed by atoms with Crippen LogP contribution in [0.25, 0.3) is 5.76 Å². The van der Waals surface area contributed by atoms with Gasteiger partial charge in [0.2, 0.25) is 10.0 Å². The van der Waals surface area contributed by atoms with Crippen molar-refractivity contribution in [2.75, 3.05) is 34.4 Å². The van der Waals surface area contributed by atoms with Crippen LogP contribution in [0.15, 0.2) is 59.0 Å². The second kappa shape index (κ2) is 9.23. The van der Waals surface area contributed by atoms with Gasteiger partial charge in [0, 0.05) is 33.3 Å². The monoisotopic (exact) mass is 458 g/mol. The Bertz CT molecular complexity index is 1150. The van der Waals surface area contributed by atoms with E-state index in [1.165, 1.54) is 50.4 Å². The van der Waals surface area contributed by atoms with Crippen molar-refractivity contribution in [3.8, 4) is 0 Å². The first-order chi connectivity index (χ1) is 15.1. The molecule has 32 heavy (non-hydrogen) atoms. The summed E-state index contributed by atoms with van der Waals surface area (Å²) >= 11 is 0. The van der Waals surface area contributed by atoms with E-state index < -0.39 is 27.8 Å². The van der Waals surface area contributed by atoms with Crippen molar-refractivity contribution in [1.29, 1.82) is 0 Å². The zero-order valence-electron chi connectivity index (χ0n) is 18.4. The van der Waals surface area contributed by atoms with Crippen LogP contribution in [-0.2, 0) is 24.3 Å². The van der Waals surface area contributed by atoms with E-state index in [1.807, 2.05) is 31.2 Å². The van der Waals surface area contributed by atoms with Crippen molar-refractivity contribution in [2.24, 2.45) is 0 Å². The molecule has 0 radical (unpaired) electrons. The fourth-order valence-corrected chi connectivity index (χ4v) is 4.45. The van der Waals surface area contributed by atoms with Gasteiger partial charge in [-0.05, 0) is 36.8 Å². The summed E-state index contributed by atoms with van der Waals surface area (Å²) < 4.78 is 30.8. The Labute approximate surface area is 187 Å². The van der Waals surface area contributed by atoms with Gasteiger partial charge in [-0.1, -0.05) is 29.8 Å². The van der Waals surface area contributed by atoms with E-state index in [-0.39, 0.29) is 34.9 Å². The number of hydrogen-bond donors (Lipinski definition) is 1. The Kier molecular flexibility index (Phi) is 6.82. The molecule has 0 spiro atoms. The van der Waals surface area contributed by atoms with Crippen LogP contribution < -0.4 is 0 Å². The first-order valence-corrected chi connectivity index (χ1v) is 11.4. The van der Waals surface area contributed by atoms with Crippen LogP contribution in [0.5, 0.6) is 0 Å². The molecule has 1 saturated heterocycles. The molecular formula is C23H26N2O6S. The molecule has 3 rings (SSSR count). The van der Waals surface area contributed by atoms with Crippen molar-refractivity contribution in [3.05, 3.63) is 70.8 Å². The number of sulfonamides is 1. The number of methoxy groups -OCH3 is 1. The molecule has 1 unspecified atom stereocenters. The van der Waals surface area contributed by atoms with Gasteiger partial charge >= 0.3 is 0 Å². The summed E-state index contributed by atoms with van der Waals surface area (Å²) in [7, 11) is 0.704. The number of nitrogens with zero attached hydrogens (tertiary/aromatic N) is 2. The van der Waals surface area contributed by atoms with Crippen molar-refractivity contribution in [3.63, 3.8) is 0 Å². The highest BCUT2D eigenvalue weighted by Crippen LogP contribution is 2.39. The van der Waals surface area contributed by atoms with Gasteiger partial charge in [-0.2, -0.15) is 0 Å². The Morgan fingerprint density at radius 3 is 2.19 bits per heavy atom. The highest BCUT2D eigenvalue weighted by Gasteiger charge is 2.45. The molecule has 1 aliphatic heterocycles. The smallest absolute Gasteiger partial charge is 0.295 e. The van der Waals surface area contributed by atoms with E-state index in [1.54, 1.807) is 0 Å². The number of hydrogen-bond acceptors (Lipinski definition) is 6. The van der Waals surface area contributed by atoms with E-state index in [9.17, 15) is 23.1 Å². The Morgan fingerprint density at radius 1 is 1.06 bits per heavy atom. The minimum atomic E-state index is -3.64. The summed E-state index contributed by atoms with van der Waals surface area (Å²) in [6.07, 6.45) is 0. The molecule has 170 valence electrons. The summed E-state index contributed by atoms with van der Waals surface area (Å²) in [5, 5.41) is 11.0. The van der Waals surface area contributed by atoms with Crippen molar-refractivity contribution < 1.29 is 27.9 Å². The highest BCUT2D eigenvalue weighted by atomic mass is 32.2.